The Hall–Kier alpha value is -0.130. The van der Waals surface area contributed by atoms with Crippen molar-refractivity contribution < 1.29 is 0 Å². The molecular weight excluding hydrogens is 202 g/mol. The smallest absolute Gasteiger partial charge is 0.0545 e. The average molecular weight is 225 g/mol. The largest absolute Gasteiger partial charge is 0.313 e. The summed E-state index contributed by atoms with van der Waals surface area (Å²) in [4.78, 5) is 0. The number of terminal acetylenes is 1. The summed E-state index contributed by atoms with van der Waals surface area (Å²) in [6.07, 6.45) is 10.6. The van der Waals surface area contributed by atoms with Gasteiger partial charge >= 0.3 is 0 Å². The third-order valence-electron chi connectivity index (χ3n) is 3.20. The molecule has 0 aromatic heterocycles. The van der Waals surface area contributed by atoms with Crippen molar-refractivity contribution in [3.05, 3.63) is 0 Å². The van der Waals surface area contributed by atoms with E-state index in [0.29, 0.717) is 5.41 Å². The van der Waals surface area contributed by atoms with E-state index in [9.17, 15) is 0 Å². The van der Waals surface area contributed by atoms with Gasteiger partial charge in [-0.2, -0.15) is 0 Å². The fourth-order valence-electron chi connectivity index (χ4n) is 2.07. The first-order valence-corrected chi connectivity index (χ1v) is 7.04. The Balaban J connectivity index is 2.02. The molecule has 1 N–H and O–H groups in total. The van der Waals surface area contributed by atoms with Crippen LogP contribution in [0.4, 0.5) is 0 Å². The molecule has 0 unspecified atom stereocenters. The van der Waals surface area contributed by atoms with Gasteiger partial charge in [0.2, 0.25) is 0 Å². The Morgan fingerprint density at radius 2 is 2.07 bits per heavy atom. The summed E-state index contributed by atoms with van der Waals surface area (Å²) in [7, 11) is 0. The Labute approximate surface area is 98.8 Å². The molecule has 1 fully saturated rings. The van der Waals surface area contributed by atoms with Gasteiger partial charge in [0, 0.05) is 18.3 Å². The van der Waals surface area contributed by atoms with E-state index in [-0.39, 0.29) is 0 Å². The van der Waals surface area contributed by atoms with Crippen LogP contribution in [0.2, 0.25) is 0 Å². The van der Waals surface area contributed by atoms with Gasteiger partial charge in [0.1, 0.15) is 0 Å². The van der Waals surface area contributed by atoms with Gasteiger partial charge in [0.25, 0.3) is 0 Å². The summed E-state index contributed by atoms with van der Waals surface area (Å²) in [5.74, 6) is 4.64. The standard InChI is InChI=1S/C13H23NS/c1-4-10-15-11-9-14-12-5-7-13(2,3)8-6-12/h1,12,14H,5-11H2,2-3H3. The molecule has 0 aromatic carbocycles. The van der Waals surface area contributed by atoms with Crippen LogP contribution in [0, 0.1) is 17.8 Å². The van der Waals surface area contributed by atoms with Crippen molar-refractivity contribution in [2.75, 3.05) is 18.1 Å². The van der Waals surface area contributed by atoms with E-state index in [1.165, 1.54) is 25.7 Å². The minimum atomic E-state index is 0.580. The summed E-state index contributed by atoms with van der Waals surface area (Å²) in [5, 5.41) is 3.63. The van der Waals surface area contributed by atoms with Crippen molar-refractivity contribution in [2.24, 2.45) is 5.41 Å². The first kappa shape index (κ1) is 12.9. The highest BCUT2D eigenvalue weighted by Crippen LogP contribution is 2.34. The van der Waals surface area contributed by atoms with E-state index in [4.69, 9.17) is 6.42 Å². The molecule has 0 saturated heterocycles. The summed E-state index contributed by atoms with van der Waals surface area (Å²) >= 11 is 1.84. The van der Waals surface area contributed by atoms with Crippen LogP contribution >= 0.6 is 11.8 Å². The molecule has 1 aliphatic rings. The Morgan fingerprint density at radius 3 is 2.67 bits per heavy atom. The average Bonchev–Trinajstić information content (AvgIpc) is 2.20. The zero-order valence-electron chi connectivity index (χ0n) is 10.0. The first-order valence-electron chi connectivity index (χ1n) is 5.89. The highest BCUT2D eigenvalue weighted by Gasteiger charge is 2.26. The molecule has 1 aliphatic carbocycles. The number of thioether (sulfide) groups is 1. The highest BCUT2D eigenvalue weighted by molar-refractivity contribution is 7.99. The van der Waals surface area contributed by atoms with Crippen LogP contribution in [0.3, 0.4) is 0 Å². The first-order chi connectivity index (χ1) is 7.14. The van der Waals surface area contributed by atoms with Gasteiger partial charge in [-0.05, 0) is 31.1 Å². The third kappa shape index (κ3) is 5.49. The molecule has 0 atom stereocenters. The quantitative estimate of drug-likeness (QED) is 0.570. The summed E-state index contributed by atoms with van der Waals surface area (Å²) in [6, 6.07) is 0.754. The maximum atomic E-state index is 5.19. The van der Waals surface area contributed by atoms with E-state index in [1.807, 2.05) is 11.8 Å². The van der Waals surface area contributed by atoms with Crippen molar-refractivity contribution in [3.63, 3.8) is 0 Å². The van der Waals surface area contributed by atoms with Gasteiger partial charge in [0.05, 0.1) is 5.75 Å². The van der Waals surface area contributed by atoms with Crippen molar-refractivity contribution in [1.82, 2.24) is 5.32 Å². The molecule has 0 spiro atoms. The normalized spacial score (nSPS) is 21.1. The third-order valence-corrected chi connectivity index (χ3v) is 4.07. The second-order valence-corrected chi connectivity index (χ2v) is 6.25. The molecule has 0 bridgehead atoms. The van der Waals surface area contributed by atoms with Crippen LogP contribution < -0.4 is 5.32 Å². The monoisotopic (exact) mass is 225 g/mol. The van der Waals surface area contributed by atoms with Gasteiger partial charge in [0.15, 0.2) is 0 Å². The van der Waals surface area contributed by atoms with E-state index < -0.39 is 0 Å². The van der Waals surface area contributed by atoms with E-state index in [0.717, 1.165) is 24.1 Å². The lowest BCUT2D eigenvalue weighted by Gasteiger charge is -2.34. The Morgan fingerprint density at radius 1 is 1.40 bits per heavy atom. The van der Waals surface area contributed by atoms with Crippen molar-refractivity contribution in [3.8, 4) is 12.3 Å². The molecular formula is C13H23NS. The molecule has 1 saturated carbocycles. The lowest BCUT2D eigenvalue weighted by Crippen LogP contribution is -2.36. The molecule has 0 aliphatic heterocycles. The van der Waals surface area contributed by atoms with Crippen LogP contribution in [-0.2, 0) is 0 Å². The minimum Gasteiger partial charge on any atom is -0.313 e. The molecule has 0 radical (unpaired) electrons. The van der Waals surface area contributed by atoms with Gasteiger partial charge in [-0.15, -0.1) is 18.2 Å². The van der Waals surface area contributed by atoms with Gasteiger partial charge < -0.3 is 5.32 Å². The molecule has 1 nitrogen and oxygen atoms in total. The van der Waals surface area contributed by atoms with Crippen LogP contribution in [0.15, 0.2) is 0 Å². The molecule has 0 amide bonds. The predicted molar refractivity (Wildman–Crippen MR) is 70.2 cm³/mol. The fraction of sp³-hybridized carbons (Fsp3) is 0.846. The molecule has 0 heterocycles. The predicted octanol–water partition coefficient (Wildman–Crippen LogP) is 2.91. The summed E-state index contributed by atoms with van der Waals surface area (Å²) < 4.78 is 0. The highest BCUT2D eigenvalue weighted by atomic mass is 32.2. The molecule has 15 heavy (non-hydrogen) atoms. The second-order valence-electron chi connectivity index (χ2n) is 5.15. The van der Waals surface area contributed by atoms with Crippen molar-refractivity contribution in [1.29, 1.82) is 0 Å². The molecule has 86 valence electrons. The second kappa shape index (κ2) is 6.45. The van der Waals surface area contributed by atoms with Gasteiger partial charge in [-0.25, -0.2) is 0 Å². The van der Waals surface area contributed by atoms with Crippen molar-refractivity contribution >= 4 is 11.8 Å². The number of hydrogen-bond donors (Lipinski definition) is 1. The topological polar surface area (TPSA) is 12.0 Å². The lowest BCUT2D eigenvalue weighted by molar-refractivity contribution is 0.208. The fourth-order valence-corrected chi connectivity index (χ4v) is 2.59. The SMILES string of the molecule is C#CCSCCNC1CCC(C)(C)CC1. The minimum absolute atomic E-state index is 0.580. The molecule has 2 heteroatoms. The summed E-state index contributed by atoms with van der Waals surface area (Å²) in [6.45, 7) is 5.87. The molecule has 0 aromatic rings. The number of rotatable bonds is 5. The Bertz CT molecular complexity index is 207. The van der Waals surface area contributed by atoms with E-state index in [2.05, 4.69) is 25.1 Å². The molecule has 1 rings (SSSR count). The van der Waals surface area contributed by atoms with Gasteiger partial charge in [-0.3, -0.25) is 0 Å². The lowest BCUT2D eigenvalue weighted by atomic mass is 9.75. The zero-order valence-corrected chi connectivity index (χ0v) is 10.8. The van der Waals surface area contributed by atoms with Crippen LogP contribution in [0.5, 0.6) is 0 Å². The Kier molecular flexibility index (Phi) is 5.56. The van der Waals surface area contributed by atoms with Crippen LogP contribution in [0.1, 0.15) is 39.5 Å². The van der Waals surface area contributed by atoms with E-state index >= 15 is 0 Å². The maximum Gasteiger partial charge on any atom is 0.0545 e. The van der Waals surface area contributed by atoms with E-state index in [1.54, 1.807) is 0 Å². The van der Waals surface area contributed by atoms with Crippen LogP contribution in [0.25, 0.3) is 0 Å². The van der Waals surface area contributed by atoms with Crippen molar-refractivity contribution in [2.45, 2.75) is 45.6 Å². The van der Waals surface area contributed by atoms with Gasteiger partial charge in [-0.1, -0.05) is 19.8 Å². The maximum absolute atomic E-state index is 5.19. The number of hydrogen-bond acceptors (Lipinski definition) is 2. The summed E-state index contributed by atoms with van der Waals surface area (Å²) in [5.41, 5.74) is 0.580. The van der Waals surface area contributed by atoms with Crippen LogP contribution in [-0.4, -0.2) is 24.1 Å². The zero-order chi connectivity index (χ0) is 11.1. The number of nitrogens with one attached hydrogen (secondary N) is 1.